The first kappa shape index (κ1) is 20.8. The average molecular weight is 393 g/mol. The zero-order valence-electron chi connectivity index (χ0n) is 17.3. The minimum absolute atomic E-state index is 0.0752. The van der Waals surface area contributed by atoms with Gasteiger partial charge in [-0.1, -0.05) is 13.8 Å². The smallest absolute Gasteiger partial charge is 0.253 e. The van der Waals surface area contributed by atoms with Gasteiger partial charge in [0.2, 0.25) is 0 Å². The summed E-state index contributed by atoms with van der Waals surface area (Å²) in [6, 6.07) is 9.57. The number of nitrogens with one attached hydrogen (secondary N) is 2. The van der Waals surface area contributed by atoms with Gasteiger partial charge in [0.05, 0.1) is 17.2 Å². The maximum absolute atomic E-state index is 12.8. The molecule has 6 nitrogen and oxygen atoms in total. The second-order valence-corrected chi connectivity index (χ2v) is 7.84. The summed E-state index contributed by atoms with van der Waals surface area (Å²) in [5.74, 6) is 1.27. The van der Waals surface area contributed by atoms with Crippen LogP contribution in [0.2, 0.25) is 0 Å². The van der Waals surface area contributed by atoms with Crippen LogP contribution in [-0.4, -0.2) is 30.6 Å². The number of benzene rings is 1. The predicted octanol–water partition coefficient (Wildman–Crippen LogP) is 4.29. The van der Waals surface area contributed by atoms with Crippen LogP contribution in [0.4, 0.5) is 11.5 Å². The van der Waals surface area contributed by atoms with Crippen molar-refractivity contribution in [2.45, 2.75) is 39.5 Å². The number of pyridine rings is 1. The third-order valence-corrected chi connectivity index (χ3v) is 5.31. The Balaban J connectivity index is 1.74. The van der Waals surface area contributed by atoms with Crippen molar-refractivity contribution >= 4 is 17.4 Å². The standard InChI is InChI=1S/C23H28N4O2/c1-15(2)19-11-22(27-21-5-4-18(12-24)10-16(21)3)25-14-20(19)23(28)26-13-17-6-8-29-9-7-17/h4-5,10-11,14-15,17H,6-9,13H2,1-3H3,(H,25,27)(H,26,28). The van der Waals surface area contributed by atoms with Crippen LogP contribution in [0.15, 0.2) is 30.5 Å². The van der Waals surface area contributed by atoms with E-state index in [1.165, 1.54) is 0 Å². The Hall–Kier alpha value is -2.91. The van der Waals surface area contributed by atoms with Gasteiger partial charge < -0.3 is 15.4 Å². The van der Waals surface area contributed by atoms with E-state index in [0.29, 0.717) is 29.4 Å². The first-order chi connectivity index (χ1) is 14.0. The Kier molecular flexibility index (Phi) is 6.84. The Bertz CT molecular complexity index is 912. The van der Waals surface area contributed by atoms with Gasteiger partial charge in [-0.25, -0.2) is 4.98 Å². The van der Waals surface area contributed by atoms with Gasteiger partial charge in [0.25, 0.3) is 5.91 Å². The zero-order valence-corrected chi connectivity index (χ0v) is 17.3. The first-order valence-corrected chi connectivity index (χ1v) is 10.1. The summed E-state index contributed by atoms with van der Waals surface area (Å²) >= 11 is 0. The Morgan fingerprint density at radius 2 is 2.07 bits per heavy atom. The van der Waals surface area contributed by atoms with Gasteiger partial charge in [0.1, 0.15) is 5.82 Å². The van der Waals surface area contributed by atoms with E-state index in [1.54, 1.807) is 12.3 Å². The van der Waals surface area contributed by atoms with E-state index >= 15 is 0 Å². The molecule has 0 unspecified atom stereocenters. The predicted molar refractivity (Wildman–Crippen MR) is 113 cm³/mol. The van der Waals surface area contributed by atoms with Crippen molar-refractivity contribution in [2.24, 2.45) is 5.92 Å². The van der Waals surface area contributed by atoms with Crippen LogP contribution in [0.1, 0.15) is 59.7 Å². The van der Waals surface area contributed by atoms with E-state index in [2.05, 4.69) is 35.5 Å². The molecule has 6 heteroatoms. The van der Waals surface area contributed by atoms with Crippen LogP contribution >= 0.6 is 0 Å². The van der Waals surface area contributed by atoms with Gasteiger partial charge >= 0.3 is 0 Å². The van der Waals surface area contributed by atoms with Crippen molar-refractivity contribution in [3.05, 3.63) is 52.7 Å². The fourth-order valence-electron chi connectivity index (χ4n) is 3.50. The van der Waals surface area contributed by atoms with Crippen molar-refractivity contribution in [3.8, 4) is 6.07 Å². The fourth-order valence-corrected chi connectivity index (χ4v) is 3.50. The molecule has 29 heavy (non-hydrogen) atoms. The summed E-state index contributed by atoms with van der Waals surface area (Å²) in [5.41, 5.74) is 4.06. The number of amides is 1. The molecule has 0 spiro atoms. The summed E-state index contributed by atoms with van der Waals surface area (Å²) < 4.78 is 5.38. The van der Waals surface area contributed by atoms with Crippen LogP contribution in [0.25, 0.3) is 0 Å². The molecule has 1 aromatic carbocycles. The van der Waals surface area contributed by atoms with Gasteiger partial charge in [-0.15, -0.1) is 0 Å². The monoisotopic (exact) mass is 392 g/mol. The molecule has 1 amide bonds. The quantitative estimate of drug-likeness (QED) is 0.766. The lowest BCUT2D eigenvalue weighted by Crippen LogP contribution is -2.32. The molecule has 0 radical (unpaired) electrons. The van der Waals surface area contributed by atoms with E-state index < -0.39 is 0 Å². The topological polar surface area (TPSA) is 87.0 Å². The third-order valence-electron chi connectivity index (χ3n) is 5.31. The van der Waals surface area contributed by atoms with Crippen molar-refractivity contribution in [1.82, 2.24) is 10.3 Å². The Morgan fingerprint density at radius 1 is 1.31 bits per heavy atom. The van der Waals surface area contributed by atoms with E-state index in [0.717, 1.165) is 42.9 Å². The highest BCUT2D eigenvalue weighted by atomic mass is 16.5. The molecular weight excluding hydrogens is 364 g/mol. The molecule has 1 aliphatic rings. The molecule has 1 fully saturated rings. The molecule has 1 aromatic heterocycles. The number of hydrogen-bond donors (Lipinski definition) is 2. The molecule has 1 aliphatic heterocycles. The van der Waals surface area contributed by atoms with Gasteiger partial charge in [-0.05, 0) is 67.0 Å². The lowest BCUT2D eigenvalue weighted by atomic mass is 9.97. The molecule has 2 heterocycles. The number of aryl methyl sites for hydroxylation is 1. The number of anilines is 2. The van der Waals surface area contributed by atoms with E-state index in [9.17, 15) is 4.79 Å². The van der Waals surface area contributed by atoms with E-state index in [1.807, 2.05) is 25.1 Å². The third kappa shape index (κ3) is 5.33. The van der Waals surface area contributed by atoms with Crippen LogP contribution in [0.3, 0.4) is 0 Å². The summed E-state index contributed by atoms with van der Waals surface area (Å²) in [6.45, 7) is 8.31. The zero-order chi connectivity index (χ0) is 20.8. The van der Waals surface area contributed by atoms with E-state index in [-0.39, 0.29) is 11.8 Å². The number of aromatic nitrogens is 1. The molecule has 1 saturated heterocycles. The van der Waals surface area contributed by atoms with Crippen molar-refractivity contribution in [2.75, 3.05) is 25.1 Å². The number of hydrogen-bond acceptors (Lipinski definition) is 5. The van der Waals surface area contributed by atoms with Gasteiger partial charge in [-0.3, -0.25) is 4.79 Å². The number of carbonyl (C=O) groups excluding carboxylic acids is 1. The summed E-state index contributed by atoms with van der Waals surface area (Å²) in [4.78, 5) is 17.2. The molecule has 0 bridgehead atoms. The summed E-state index contributed by atoms with van der Waals surface area (Å²) in [5, 5.41) is 15.4. The summed E-state index contributed by atoms with van der Waals surface area (Å²) in [7, 11) is 0. The second kappa shape index (κ2) is 9.53. The maximum atomic E-state index is 12.8. The Morgan fingerprint density at radius 3 is 2.72 bits per heavy atom. The lowest BCUT2D eigenvalue weighted by Gasteiger charge is -2.22. The number of ether oxygens (including phenoxy) is 1. The van der Waals surface area contributed by atoms with E-state index in [4.69, 9.17) is 10.00 Å². The largest absolute Gasteiger partial charge is 0.381 e. The van der Waals surface area contributed by atoms with Gasteiger partial charge in [0.15, 0.2) is 0 Å². The first-order valence-electron chi connectivity index (χ1n) is 10.1. The SMILES string of the molecule is Cc1cc(C#N)ccc1Nc1cc(C(C)C)c(C(=O)NCC2CCOCC2)cn1. The minimum Gasteiger partial charge on any atom is -0.381 e. The maximum Gasteiger partial charge on any atom is 0.253 e. The van der Waals surface area contributed by atoms with Crippen molar-refractivity contribution in [1.29, 1.82) is 5.26 Å². The molecule has 0 atom stereocenters. The highest BCUT2D eigenvalue weighted by Gasteiger charge is 2.19. The molecule has 2 N–H and O–H groups in total. The van der Waals surface area contributed by atoms with Crippen molar-refractivity contribution in [3.63, 3.8) is 0 Å². The molecule has 0 saturated carbocycles. The number of nitrogens with zero attached hydrogens (tertiary/aromatic N) is 2. The fraction of sp³-hybridized carbons (Fsp3) is 0.435. The van der Waals surface area contributed by atoms with Crippen LogP contribution in [0, 0.1) is 24.2 Å². The van der Waals surface area contributed by atoms with Gasteiger partial charge in [0, 0.05) is 31.6 Å². The molecule has 2 aromatic rings. The number of carbonyl (C=O) groups is 1. The number of nitriles is 1. The molecule has 0 aliphatic carbocycles. The average Bonchev–Trinajstić information content (AvgIpc) is 2.74. The Labute approximate surface area is 172 Å². The highest BCUT2D eigenvalue weighted by Crippen LogP contribution is 2.26. The van der Waals surface area contributed by atoms with Crippen LogP contribution in [0.5, 0.6) is 0 Å². The van der Waals surface area contributed by atoms with Crippen LogP contribution < -0.4 is 10.6 Å². The number of rotatable bonds is 6. The van der Waals surface area contributed by atoms with Crippen LogP contribution in [-0.2, 0) is 4.74 Å². The van der Waals surface area contributed by atoms with Gasteiger partial charge in [-0.2, -0.15) is 5.26 Å². The summed E-state index contributed by atoms with van der Waals surface area (Å²) in [6.07, 6.45) is 3.63. The second-order valence-electron chi connectivity index (χ2n) is 7.84. The molecule has 3 rings (SSSR count). The molecule has 152 valence electrons. The minimum atomic E-state index is -0.0752. The van der Waals surface area contributed by atoms with Crippen molar-refractivity contribution < 1.29 is 9.53 Å². The lowest BCUT2D eigenvalue weighted by molar-refractivity contribution is 0.0642. The highest BCUT2D eigenvalue weighted by molar-refractivity contribution is 5.96. The molecular formula is C23H28N4O2. The normalized spacial score (nSPS) is 14.4.